The number of benzene rings is 2. The van der Waals surface area contributed by atoms with E-state index in [-0.39, 0.29) is 42.9 Å². The third-order valence-electron chi connectivity index (χ3n) is 8.97. The van der Waals surface area contributed by atoms with Gasteiger partial charge in [0.25, 0.3) is 5.56 Å². The van der Waals surface area contributed by atoms with E-state index < -0.39 is 23.5 Å². The first-order chi connectivity index (χ1) is 20.8. The molecule has 4 aromatic rings. The first kappa shape index (κ1) is 27.3. The van der Waals surface area contributed by atoms with Gasteiger partial charge in [0.1, 0.15) is 19.0 Å². The molecule has 0 spiro atoms. The predicted molar refractivity (Wildman–Crippen MR) is 155 cm³/mol. The van der Waals surface area contributed by atoms with E-state index in [0.29, 0.717) is 41.9 Å². The van der Waals surface area contributed by atoms with Crippen LogP contribution in [0.25, 0.3) is 22.3 Å². The number of hydrogen-bond acceptors (Lipinski definition) is 7. The highest BCUT2D eigenvalue weighted by atomic mass is 19.1. The summed E-state index contributed by atoms with van der Waals surface area (Å²) in [5, 5.41) is 14.8. The third-order valence-corrected chi connectivity index (χ3v) is 8.97. The summed E-state index contributed by atoms with van der Waals surface area (Å²) in [6.45, 7) is 2.13. The van der Waals surface area contributed by atoms with Crippen molar-refractivity contribution in [3.8, 4) is 11.4 Å². The van der Waals surface area contributed by atoms with Gasteiger partial charge in [0.15, 0.2) is 5.60 Å². The minimum Gasteiger partial charge on any atom is -0.458 e. The molecular formula is C33H30FN3O6. The molecule has 0 fully saturated rings. The number of amides is 1. The molecule has 0 bridgehead atoms. The van der Waals surface area contributed by atoms with Crippen molar-refractivity contribution in [3.05, 3.63) is 97.6 Å². The van der Waals surface area contributed by atoms with Gasteiger partial charge in [0, 0.05) is 29.1 Å². The second-order valence-corrected chi connectivity index (χ2v) is 11.3. The number of aromatic nitrogens is 2. The Morgan fingerprint density at radius 3 is 2.72 bits per heavy atom. The van der Waals surface area contributed by atoms with Gasteiger partial charge < -0.3 is 24.5 Å². The molecule has 1 aliphatic carbocycles. The van der Waals surface area contributed by atoms with Crippen LogP contribution in [0.1, 0.15) is 58.7 Å². The molecule has 2 aliphatic heterocycles. The first-order valence-corrected chi connectivity index (χ1v) is 14.6. The summed E-state index contributed by atoms with van der Waals surface area (Å²) in [7, 11) is 0. The van der Waals surface area contributed by atoms with Gasteiger partial charge in [0.05, 0.1) is 29.0 Å². The van der Waals surface area contributed by atoms with Crippen LogP contribution in [-0.4, -0.2) is 33.3 Å². The predicted octanol–water partition coefficient (Wildman–Crippen LogP) is 4.18. The summed E-state index contributed by atoms with van der Waals surface area (Å²) in [6, 6.07) is 12.5. The zero-order chi connectivity index (χ0) is 29.9. The Kier molecular flexibility index (Phi) is 6.54. The van der Waals surface area contributed by atoms with Crippen molar-refractivity contribution in [2.24, 2.45) is 0 Å². The van der Waals surface area contributed by atoms with Gasteiger partial charge in [-0.25, -0.2) is 19.0 Å². The lowest BCUT2D eigenvalue weighted by Crippen LogP contribution is -2.44. The molecule has 9 nitrogen and oxygen atoms in total. The number of rotatable bonds is 6. The Balaban J connectivity index is 1.22. The van der Waals surface area contributed by atoms with Crippen LogP contribution < -0.4 is 10.9 Å². The van der Waals surface area contributed by atoms with Crippen LogP contribution in [0.3, 0.4) is 0 Å². The molecule has 1 amide bonds. The summed E-state index contributed by atoms with van der Waals surface area (Å²) in [5.74, 6) is -1.17. The van der Waals surface area contributed by atoms with Gasteiger partial charge >= 0.3 is 12.1 Å². The lowest BCUT2D eigenvalue weighted by molar-refractivity contribution is -0.172. The van der Waals surface area contributed by atoms with Crippen LogP contribution in [0.5, 0.6) is 0 Å². The molecule has 3 aliphatic rings. The van der Waals surface area contributed by atoms with Crippen LogP contribution in [0.15, 0.2) is 47.3 Å². The van der Waals surface area contributed by atoms with Crippen molar-refractivity contribution in [3.63, 3.8) is 0 Å². The summed E-state index contributed by atoms with van der Waals surface area (Å²) in [5.41, 5.74) is 4.12. The SMILES string of the molecule is CC[C@@]1(O)C(=O)OCc2c1cc1n(c2=O)Cc2c-1nc1cc(F)c(CCNC(=O)OCc3ccccc3)c3c1c2CCC3. The number of carbonyl (C=O) groups excluding carboxylic acids is 2. The average molecular weight is 584 g/mol. The largest absolute Gasteiger partial charge is 0.458 e. The number of pyridine rings is 2. The molecular weight excluding hydrogens is 553 g/mol. The third kappa shape index (κ3) is 4.31. The van der Waals surface area contributed by atoms with Crippen LogP contribution in [0, 0.1) is 5.82 Å². The van der Waals surface area contributed by atoms with Gasteiger partial charge in [-0.2, -0.15) is 0 Å². The standard InChI is InChI=1S/C33H30FN3O6/c1-2-33(41)24-13-27-29-22(15-37(27)30(38)23(24)17-42-31(33)39)21-10-6-9-20-19(25(34)14-26(36-29)28(20)21)11-12-35-32(40)43-16-18-7-4-3-5-8-18/h3-5,7-8,13-14,41H,2,6,9-12,15-17H2,1H3,(H,35,40)/t33-/m0/s1. The minimum atomic E-state index is -1.91. The number of cyclic esters (lactones) is 1. The molecule has 0 radical (unpaired) electrons. The molecule has 1 atom stereocenters. The van der Waals surface area contributed by atoms with Gasteiger partial charge in [-0.3, -0.25) is 4.79 Å². The molecule has 2 aromatic heterocycles. The monoisotopic (exact) mass is 583 g/mol. The maximum Gasteiger partial charge on any atom is 0.407 e. The molecule has 0 unspecified atom stereocenters. The number of nitrogens with one attached hydrogen (secondary N) is 1. The maximum atomic E-state index is 15.6. The maximum absolute atomic E-state index is 15.6. The average Bonchev–Trinajstić information content (AvgIpc) is 3.39. The fourth-order valence-corrected chi connectivity index (χ4v) is 6.76. The highest BCUT2D eigenvalue weighted by Gasteiger charge is 2.45. The van der Waals surface area contributed by atoms with Crippen molar-refractivity contribution in [1.82, 2.24) is 14.9 Å². The van der Waals surface area contributed by atoms with Crippen molar-refractivity contribution in [2.75, 3.05) is 6.54 Å². The second-order valence-electron chi connectivity index (χ2n) is 11.3. The lowest BCUT2D eigenvalue weighted by Gasteiger charge is -2.31. The molecule has 4 heterocycles. The Labute approximate surface area is 246 Å². The van der Waals surface area contributed by atoms with E-state index in [1.54, 1.807) is 17.6 Å². The zero-order valence-electron chi connectivity index (χ0n) is 23.7. The summed E-state index contributed by atoms with van der Waals surface area (Å²) < 4.78 is 27.7. The summed E-state index contributed by atoms with van der Waals surface area (Å²) >= 11 is 0. The topological polar surface area (TPSA) is 120 Å². The zero-order valence-corrected chi connectivity index (χ0v) is 23.7. The number of hydrogen-bond donors (Lipinski definition) is 2. The van der Waals surface area contributed by atoms with E-state index in [9.17, 15) is 19.5 Å². The van der Waals surface area contributed by atoms with Gasteiger partial charge in [-0.15, -0.1) is 0 Å². The summed E-state index contributed by atoms with van der Waals surface area (Å²) in [6.07, 6.45) is 2.03. The number of aryl methyl sites for hydroxylation is 2. The Morgan fingerprint density at radius 2 is 1.93 bits per heavy atom. The molecule has 220 valence electrons. The lowest BCUT2D eigenvalue weighted by atomic mass is 9.83. The number of ether oxygens (including phenoxy) is 2. The molecule has 2 N–H and O–H groups in total. The van der Waals surface area contributed by atoms with Crippen molar-refractivity contribution in [1.29, 1.82) is 0 Å². The Bertz CT molecular complexity index is 1890. The fraction of sp³-hybridized carbons (Fsp3) is 0.333. The van der Waals surface area contributed by atoms with E-state index in [1.165, 1.54) is 6.07 Å². The van der Waals surface area contributed by atoms with E-state index >= 15 is 4.39 Å². The van der Waals surface area contributed by atoms with E-state index in [0.717, 1.165) is 40.5 Å². The van der Waals surface area contributed by atoms with E-state index in [1.807, 2.05) is 30.3 Å². The first-order valence-electron chi connectivity index (χ1n) is 14.6. The van der Waals surface area contributed by atoms with Crippen molar-refractivity contribution in [2.45, 2.75) is 64.4 Å². The van der Waals surface area contributed by atoms with Crippen LogP contribution in [0.2, 0.25) is 0 Å². The number of aliphatic hydroxyl groups is 1. The molecule has 2 aromatic carbocycles. The number of nitrogens with zero attached hydrogens (tertiary/aromatic N) is 2. The highest BCUT2D eigenvalue weighted by molar-refractivity contribution is 5.92. The van der Waals surface area contributed by atoms with Crippen molar-refractivity contribution < 1.29 is 28.6 Å². The number of esters is 1. The van der Waals surface area contributed by atoms with Gasteiger partial charge in [-0.05, 0) is 60.4 Å². The van der Waals surface area contributed by atoms with Crippen molar-refractivity contribution >= 4 is 23.0 Å². The van der Waals surface area contributed by atoms with E-state index in [4.69, 9.17) is 14.5 Å². The van der Waals surface area contributed by atoms with Crippen LogP contribution >= 0.6 is 0 Å². The minimum absolute atomic E-state index is 0.0575. The molecule has 0 saturated carbocycles. The Morgan fingerprint density at radius 1 is 1.14 bits per heavy atom. The fourth-order valence-electron chi connectivity index (χ4n) is 6.76. The number of fused-ring (bicyclic) bond motifs is 5. The highest BCUT2D eigenvalue weighted by Crippen LogP contribution is 2.43. The molecule has 10 heteroatoms. The smallest absolute Gasteiger partial charge is 0.407 e. The summed E-state index contributed by atoms with van der Waals surface area (Å²) in [4.78, 5) is 43.2. The van der Waals surface area contributed by atoms with Crippen LogP contribution in [0.4, 0.5) is 9.18 Å². The molecule has 7 rings (SSSR count). The quantitative estimate of drug-likeness (QED) is 0.288. The number of halogens is 1. The van der Waals surface area contributed by atoms with E-state index in [2.05, 4.69) is 5.32 Å². The molecule has 0 saturated heterocycles. The second kappa shape index (κ2) is 10.3. The van der Waals surface area contributed by atoms with Crippen LogP contribution in [-0.2, 0) is 58.9 Å². The molecule has 43 heavy (non-hydrogen) atoms. The number of alkyl carbamates (subject to hydrolysis) is 1. The number of carbonyl (C=O) groups is 2. The van der Waals surface area contributed by atoms with Gasteiger partial charge in [0.2, 0.25) is 0 Å². The normalized spacial score (nSPS) is 18.1. The Hall–Kier alpha value is -4.57. The van der Waals surface area contributed by atoms with Gasteiger partial charge in [-0.1, -0.05) is 37.3 Å².